The van der Waals surface area contributed by atoms with Gasteiger partial charge >= 0.3 is 0 Å². The molecule has 0 aromatic heterocycles. The maximum Gasteiger partial charge on any atom is 0.220 e. The van der Waals surface area contributed by atoms with E-state index in [-0.39, 0.29) is 12.5 Å². The van der Waals surface area contributed by atoms with E-state index in [1.807, 2.05) is 6.08 Å². The third-order valence-electron chi connectivity index (χ3n) is 10.6. The molecule has 1 amide bonds. The number of carbonyl (C=O) groups excluding carboxylic acids is 1. The molecule has 1 aliphatic heterocycles. The lowest BCUT2D eigenvalue weighted by Crippen LogP contribution is -2.60. The summed E-state index contributed by atoms with van der Waals surface area (Å²) in [4.78, 5) is 12.9. The fourth-order valence-corrected chi connectivity index (χ4v) is 6.87. The average Bonchev–Trinajstić information content (AvgIpc) is 3.21. The number of aliphatic hydroxyl groups is 5. The number of hydrogen-bond donors (Lipinski definition) is 6. The Morgan fingerprint density at radius 2 is 1.11 bits per heavy atom. The molecule has 57 heavy (non-hydrogen) atoms. The molecule has 9 nitrogen and oxygen atoms in total. The Balaban J connectivity index is 2.33. The van der Waals surface area contributed by atoms with Crippen LogP contribution in [0.5, 0.6) is 0 Å². The Morgan fingerprint density at radius 3 is 1.67 bits per heavy atom. The molecule has 1 aliphatic rings. The van der Waals surface area contributed by atoms with E-state index in [0.717, 1.165) is 64.2 Å². The van der Waals surface area contributed by atoms with E-state index in [1.54, 1.807) is 6.08 Å². The second-order valence-corrected chi connectivity index (χ2v) is 15.8. The SMILES string of the molecule is CC/C=C\C/C=C\CCCCCCCCCCCCCCCCC(=O)NC(COC1OC(CO)C(O)C(O)C1O)C(O)/C=C/CC/C=C/CC/C=C/CCCCC. The lowest BCUT2D eigenvalue weighted by Gasteiger charge is -2.40. The number of unbranched alkanes of at least 4 members (excludes halogenated alkanes) is 19. The quantitative estimate of drug-likeness (QED) is 0.0269. The van der Waals surface area contributed by atoms with Gasteiger partial charge in [-0.2, -0.15) is 0 Å². The molecular formula is C48H85NO8. The first-order valence-electron chi connectivity index (χ1n) is 23.0. The van der Waals surface area contributed by atoms with E-state index in [1.165, 1.54) is 96.3 Å². The van der Waals surface area contributed by atoms with Gasteiger partial charge in [-0.1, -0.05) is 164 Å². The van der Waals surface area contributed by atoms with Crippen molar-refractivity contribution in [3.63, 3.8) is 0 Å². The van der Waals surface area contributed by atoms with Gasteiger partial charge in [0.25, 0.3) is 0 Å². The standard InChI is InChI=1S/C48H85NO8/c1-3-5-7-9-11-13-15-17-18-19-20-21-22-23-24-26-28-30-32-34-36-38-44(52)49-41(40-56-48-47(55)46(54)45(53)43(39-50)57-48)42(51)37-35-33-31-29-27-25-16-14-12-10-8-6-4-2/h5,7,11-14,27,29,35,37,41-43,45-48,50-51,53-55H,3-4,6,8-10,15-26,28,30-34,36,38-40H2,1-2H3,(H,49,52)/b7-5-,13-11-,14-12+,29-27+,37-35+. The van der Waals surface area contributed by atoms with Crippen LogP contribution in [0.1, 0.15) is 181 Å². The maximum absolute atomic E-state index is 12.9. The molecule has 1 fully saturated rings. The van der Waals surface area contributed by atoms with Crippen molar-refractivity contribution >= 4 is 5.91 Å². The van der Waals surface area contributed by atoms with Gasteiger partial charge in [-0.15, -0.1) is 0 Å². The molecule has 1 rings (SSSR count). The van der Waals surface area contributed by atoms with Gasteiger partial charge in [0.05, 0.1) is 25.4 Å². The highest BCUT2D eigenvalue weighted by Crippen LogP contribution is 2.22. The summed E-state index contributed by atoms with van der Waals surface area (Å²) < 4.78 is 11.2. The zero-order chi connectivity index (χ0) is 41.6. The summed E-state index contributed by atoms with van der Waals surface area (Å²) >= 11 is 0. The first-order chi connectivity index (χ1) is 27.8. The van der Waals surface area contributed by atoms with Gasteiger partial charge in [-0.25, -0.2) is 0 Å². The van der Waals surface area contributed by atoms with Crippen molar-refractivity contribution in [3.8, 4) is 0 Å². The second-order valence-electron chi connectivity index (χ2n) is 15.8. The summed E-state index contributed by atoms with van der Waals surface area (Å²) in [5, 5.41) is 54.1. The van der Waals surface area contributed by atoms with Crippen molar-refractivity contribution in [1.29, 1.82) is 0 Å². The summed E-state index contributed by atoms with van der Waals surface area (Å²) in [6, 6.07) is -0.828. The minimum absolute atomic E-state index is 0.195. The Bertz CT molecular complexity index is 1070. The Hall–Kier alpha value is -2.11. The van der Waals surface area contributed by atoms with Crippen LogP contribution < -0.4 is 5.32 Å². The Morgan fingerprint density at radius 1 is 0.614 bits per heavy atom. The van der Waals surface area contributed by atoms with E-state index in [4.69, 9.17) is 9.47 Å². The van der Waals surface area contributed by atoms with Crippen molar-refractivity contribution in [3.05, 3.63) is 60.8 Å². The van der Waals surface area contributed by atoms with Crippen molar-refractivity contribution < 1.29 is 39.8 Å². The van der Waals surface area contributed by atoms with Crippen LogP contribution >= 0.6 is 0 Å². The molecule has 0 radical (unpaired) electrons. The highest BCUT2D eigenvalue weighted by atomic mass is 16.7. The largest absolute Gasteiger partial charge is 0.394 e. The first-order valence-corrected chi connectivity index (χ1v) is 23.0. The van der Waals surface area contributed by atoms with Gasteiger partial charge in [-0.3, -0.25) is 4.79 Å². The van der Waals surface area contributed by atoms with Crippen LogP contribution in [0.3, 0.4) is 0 Å². The van der Waals surface area contributed by atoms with Crippen molar-refractivity contribution in [2.24, 2.45) is 0 Å². The summed E-state index contributed by atoms with van der Waals surface area (Å²) in [5.74, 6) is -0.195. The molecule has 0 spiro atoms. The van der Waals surface area contributed by atoms with Gasteiger partial charge in [0.1, 0.15) is 24.4 Å². The van der Waals surface area contributed by atoms with E-state index in [0.29, 0.717) is 6.42 Å². The Labute approximate surface area is 347 Å². The molecule has 0 bridgehead atoms. The minimum atomic E-state index is -1.57. The van der Waals surface area contributed by atoms with Crippen LogP contribution in [0, 0.1) is 0 Å². The smallest absolute Gasteiger partial charge is 0.220 e. The number of ether oxygens (including phenoxy) is 2. The fraction of sp³-hybridized carbons (Fsp3) is 0.771. The molecule has 0 aliphatic carbocycles. The predicted molar refractivity (Wildman–Crippen MR) is 235 cm³/mol. The maximum atomic E-state index is 12.9. The van der Waals surface area contributed by atoms with Crippen LogP contribution in [-0.2, 0) is 14.3 Å². The van der Waals surface area contributed by atoms with Crippen LogP contribution in [0.25, 0.3) is 0 Å². The molecule has 330 valence electrons. The summed E-state index contributed by atoms with van der Waals surface area (Å²) in [6.07, 6.45) is 42.7. The highest BCUT2D eigenvalue weighted by molar-refractivity contribution is 5.76. The van der Waals surface area contributed by atoms with Crippen LogP contribution in [0.2, 0.25) is 0 Å². The zero-order valence-corrected chi connectivity index (χ0v) is 36.1. The second kappa shape index (κ2) is 38.1. The molecule has 9 heteroatoms. The molecule has 0 saturated carbocycles. The zero-order valence-electron chi connectivity index (χ0n) is 36.1. The molecule has 1 saturated heterocycles. The number of carbonyl (C=O) groups is 1. The van der Waals surface area contributed by atoms with Crippen LogP contribution in [0.4, 0.5) is 0 Å². The van der Waals surface area contributed by atoms with E-state index >= 15 is 0 Å². The number of allylic oxidation sites excluding steroid dienone is 9. The molecule has 0 aromatic rings. The van der Waals surface area contributed by atoms with Gasteiger partial charge < -0.3 is 40.3 Å². The molecule has 1 heterocycles. The lowest BCUT2D eigenvalue weighted by atomic mass is 9.99. The molecule has 6 N–H and O–H groups in total. The van der Waals surface area contributed by atoms with Crippen molar-refractivity contribution in [1.82, 2.24) is 5.32 Å². The van der Waals surface area contributed by atoms with E-state index in [9.17, 15) is 30.3 Å². The number of amides is 1. The number of aliphatic hydroxyl groups excluding tert-OH is 5. The first kappa shape index (κ1) is 52.9. The van der Waals surface area contributed by atoms with E-state index < -0.39 is 49.5 Å². The van der Waals surface area contributed by atoms with Crippen molar-refractivity contribution in [2.45, 2.75) is 224 Å². The normalized spacial score (nSPS) is 21.6. The third-order valence-corrected chi connectivity index (χ3v) is 10.6. The number of nitrogens with one attached hydrogen (secondary N) is 1. The van der Waals surface area contributed by atoms with Gasteiger partial charge in [0, 0.05) is 6.42 Å². The fourth-order valence-electron chi connectivity index (χ4n) is 6.87. The average molecular weight is 804 g/mol. The summed E-state index contributed by atoms with van der Waals surface area (Å²) in [7, 11) is 0. The summed E-state index contributed by atoms with van der Waals surface area (Å²) in [5.41, 5.74) is 0. The van der Waals surface area contributed by atoms with Crippen LogP contribution in [0.15, 0.2) is 60.8 Å². The minimum Gasteiger partial charge on any atom is -0.394 e. The van der Waals surface area contributed by atoms with E-state index in [2.05, 4.69) is 67.8 Å². The van der Waals surface area contributed by atoms with Gasteiger partial charge in [0.2, 0.25) is 5.91 Å². The molecular weight excluding hydrogens is 719 g/mol. The molecule has 0 aromatic carbocycles. The molecule has 7 unspecified atom stereocenters. The third kappa shape index (κ3) is 28.9. The predicted octanol–water partition coefficient (Wildman–Crippen LogP) is 9.61. The topological polar surface area (TPSA) is 149 Å². The lowest BCUT2D eigenvalue weighted by molar-refractivity contribution is -0.302. The Kier molecular flexibility index (Phi) is 35.4. The monoisotopic (exact) mass is 804 g/mol. The molecule has 7 atom stereocenters. The number of hydrogen-bond acceptors (Lipinski definition) is 8. The van der Waals surface area contributed by atoms with Gasteiger partial charge in [-0.05, 0) is 70.6 Å². The van der Waals surface area contributed by atoms with Crippen LogP contribution in [-0.4, -0.2) is 87.5 Å². The highest BCUT2D eigenvalue weighted by Gasteiger charge is 2.44. The van der Waals surface area contributed by atoms with Crippen molar-refractivity contribution in [2.75, 3.05) is 13.2 Å². The number of rotatable bonds is 37. The summed E-state index contributed by atoms with van der Waals surface area (Å²) in [6.45, 7) is 3.60. The van der Waals surface area contributed by atoms with Gasteiger partial charge in [0.15, 0.2) is 6.29 Å².